The Morgan fingerprint density at radius 2 is 2.10 bits per heavy atom. The van der Waals surface area contributed by atoms with E-state index in [2.05, 4.69) is 18.9 Å². The van der Waals surface area contributed by atoms with Gasteiger partial charge in [-0.1, -0.05) is 31.5 Å². The van der Waals surface area contributed by atoms with Gasteiger partial charge < -0.3 is 5.11 Å². The summed E-state index contributed by atoms with van der Waals surface area (Å²) in [6.07, 6.45) is 0. The van der Waals surface area contributed by atoms with E-state index < -0.39 is 5.97 Å². The van der Waals surface area contributed by atoms with Crippen LogP contribution in [0.15, 0.2) is 29.2 Å². The zero-order valence-corrected chi connectivity index (χ0v) is 13.0. The van der Waals surface area contributed by atoms with E-state index in [0.29, 0.717) is 10.3 Å². The van der Waals surface area contributed by atoms with Crippen LogP contribution in [0, 0.1) is 0 Å². The number of aryl methyl sites for hydroxylation is 1. The molecule has 0 atom stereocenters. The van der Waals surface area contributed by atoms with Gasteiger partial charge in [0.2, 0.25) is 0 Å². The first-order chi connectivity index (χ1) is 9.38. The number of hydrogen-bond acceptors (Lipinski definition) is 3. The van der Waals surface area contributed by atoms with E-state index in [9.17, 15) is 4.79 Å². The fraction of sp³-hybridized carbons (Fsp3) is 0.286. The summed E-state index contributed by atoms with van der Waals surface area (Å²) in [5.41, 5.74) is 1.61. The predicted octanol–water partition coefficient (Wildman–Crippen LogP) is 3.94. The van der Waals surface area contributed by atoms with Crippen molar-refractivity contribution in [3.8, 4) is 11.3 Å². The van der Waals surface area contributed by atoms with Crippen LogP contribution in [-0.4, -0.2) is 26.1 Å². The van der Waals surface area contributed by atoms with Crippen LogP contribution >= 0.6 is 23.4 Å². The van der Waals surface area contributed by atoms with Gasteiger partial charge in [0.25, 0.3) is 0 Å². The predicted molar refractivity (Wildman–Crippen MR) is 81.6 cm³/mol. The molecule has 2 rings (SSSR count). The lowest BCUT2D eigenvalue weighted by atomic mass is 10.1. The minimum absolute atomic E-state index is 0.0271. The van der Waals surface area contributed by atoms with Gasteiger partial charge in [0.05, 0.1) is 10.7 Å². The van der Waals surface area contributed by atoms with Crippen molar-refractivity contribution in [2.45, 2.75) is 24.0 Å². The number of thioether (sulfide) groups is 1. The van der Waals surface area contributed by atoms with E-state index in [1.165, 1.54) is 0 Å². The van der Waals surface area contributed by atoms with E-state index in [4.69, 9.17) is 16.7 Å². The maximum absolute atomic E-state index is 10.9. The summed E-state index contributed by atoms with van der Waals surface area (Å²) in [7, 11) is 1.71. The molecule has 106 valence electrons. The zero-order valence-electron chi connectivity index (χ0n) is 11.4. The van der Waals surface area contributed by atoms with Crippen LogP contribution < -0.4 is 0 Å². The maximum Gasteiger partial charge on any atom is 0.356 e. The first-order valence-electron chi connectivity index (χ1n) is 6.12. The highest BCUT2D eigenvalue weighted by atomic mass is 35.5. The second-order valence-electron chi connectivity index (χ2n) is 4.66. The Hall–Kier alpha value is -1.46. The van der Waals surface area contributed by atoms with Crippen molar-refractivity contribution in [1.82, 2.24) is 9.78 Å². The van der Waals surface area contributed by atoms with Crippen molar-refractivity contribution in [2.75, 3.05) is 0 Å². The molecule has 6 heteroatoms. The number of carboxylic acid groups (broad SMARTS) is 1. The van der Waals surface area contributed by atoms with Crippen LogP contribution in [0.5, 0.6) is 0 Å². The van der Waals surface area contributed by atoms with Gasteiger partial charge in [-0.05, 0) is 18.2 Å². The van der Waals surface area contributed by atoms with Crippen LogP contribution in [0.25, 0.3) is 11.3 Å². The Balaban J connectivity index is 2.39. The standard InChI is InChI=1S/C14H15ClN2O2S/c1-8(2)20-13-5-4-9(6-10(13)15)12-7-11(14(18)19)16-17(12)3/h4-8H,1-3H3,(H,18,19). The molecule has 0 fully saturated rings. The van der Waals surface area contributed by atoms with E-state index in [1.807, 2.05) is 18.2 Å². The minimum Gasteiger partial charge on any atom is -0.476 e. The molecule has 0 aliphatic rings. The summed E-state index contributed by atoms with van der Waals surface area (Å²) in [6, 6.07) is 7.27. The second kappa shape index (κ2) is 5.89. The Labute approximate surface area is 126 Å². The largest absolute Gasteiger partial charge is 0.476 e. The number of aromatic nitrogens is 2. The third-order valence-electron chi connectivity index (χ3n) is 2.69. The molecule has 0 aliphatic carbocycles. The van der Waals surface area contributed by atoms with Crippen LogP contribution in [-0.2, 0) is 7.05 Å². The molecule has 0 aliphatic heterocycles. The molecule has 0 bridgehead atoms. The highest BCUT2D eigenvalue weighted by molar-refractivity contribution is 8.00. The highest BCUT2D eigenvalue weighted by Gasteiger charge is 2.14. The lowest BCUT2D eigenvalue weighted by molar-refractivity contribution is 0.0689. The fourth-order valence-electron chi connectivity index (χ4n) is 1.85. The summed E-state index contributed by atoms with van der Waals surface area (Å²) >= 11 is 7.97. The molecule has 1 N–H and O–H groups in total. The van der Waals surface area contributed by atoms with E-state index in [0.717, 1.165) is 16.2 Å². The Morgan fingerprint density at radius 1 is 1.40 bits per heavy atom. The molecule has 1 heterocycles. The third-order valence-corrected chi connectivity index (χ3v) is 4.20. The molecule has 20 heavy (non-hydrogen) atoms. The van der Waals surface area contributed by atoms with Crippen molar-refractivity contribution in [3.63, 3.8) is 0 Å². The number of hydrogen-bond donors (Lipinski definition) is 1. The van der Waals surface area contributed by atoms with Crippen molar-refractivity contribution in [2.24, 2.45) is 7.05 Å². The molecule has 0 radical (unpaired) electrons. The number of aromatic carboxylic acids is 1. The van der Waals surface area contributed by atoms with Crippen LogP contribution in [0.3, 0.4) is 0 Å². The summed E-state index contributed by atoms with van der Waals surface area (Å²) in [5, 5.41) is 14.0. The number of nitrogens with zero attached hydrogens (tertiary/aromatic N) is 2. The van der Waals surface area contributed by atoms with Gasteiger partial charge in [0.15, 0.2) is 5.69 Å². The molecular weight excluding hydrogens is 296 g/mol. The van der Waals surface area contributed by atoms with Gasteiger partial charge in [-0.2, -0.15) is 5.10 Å². The third kappa shape index (κ3) is 3.16. The van der Waals surface area contributed by atoms with Crippen LogP contribution in [0.1, 0.15) is 24.3 Å². The molecule has 4 nitrogen and oxygen atoms in total. The zero-order chi connectivity index (χ0) is 14.9. The minimum atomic E-state index is -1.04. The summed E-state index contributed by atoms with van der Waals surface area (Å²) in [6.45, 7) is 4.21. The topological polar surface area (TPSA) is 55.1 Å². The molecule has 1 aromatic heterocycles. The van der Waals surface area contributed by atoms with E-state index in [-0.39, 0.29) is 5.69 Å². The van der Waals surface area contributed by atoms with Crippen molar-refractivity contribution in [3.05, 3.63) is 35.0 Å². The first-order valence-corrected chi connectivity index (χ1v) is 7.38. The molecule has 0 amide bonds. The Morgan fingerprint density at radius 3 is 2.60 bits per heavy atom. The highest BCUT2D eigenvalue weighted by Crippen LogP contribution is 2.33. The normalized spacial score (nSPS) is 11.1. The van der Waals surface area contributed by atoms with Crippen molar-refractivity contribution < 1.29 is 9.90 Å². The molecule has 2 aromatic rings. The average molecular weight is 311 g/mol. The van der Waals surface area contributed by atoms with E-state index >= 15 is 0 Å². The van der Waals surface area contributed by atoms with Crippen LogP contribution in [0.2, 0.25) is 5.02 Å². The lowest BCUT2D eigenvalue weighted by Gasteiger charge is -2.09. The number of carboxylic acids is 1. The molecular formula is C14H15ClN2O2S. The molecule has 0 unspecified atom stereocenters. The Kier molecular flexibility index (Phi) is 4.40. The lowest BCUT2D eigenvalue weighted by Crippen LogP contribution is -1.99. The monoisotopic (exact) mass is 310 g/mol. The molecule has 0 spiro atoms. The molecule has 1 aromatic carbocycles. The molecule has 0 saturated carbocycles. The van der Waals surface area contributed by atoms with Gasteiger partial charge in [0, 0.05) is 22.8 Å². The maximum atomic E-state index is 10.9. The quantitative estimate of drug-likeness (QED) is 0.869. The number of halogens is 1. The number of rotatable bonds is 4. The van der Waals surface area contributed by atoms with E-state index in [1.54, 1.807) is 29.6 Å². The number of carbonyl (C=O) groups is 1. The summed E-state index contributed by atoms with van der Waals surface area (Å²) < 4.78 is 1.55. The van der Waals surface area contributed by atoms with Gasteiger partial charge in [-0.25, -0.2) is 4.79 Å². The van der Waals surface area contributed by atoms with Gasteiger partial charge in [-0.15, -0.1) is 11.8 Å². The first kappa shape index (κ1) is 14.9. The second-order valence-corrected chi connectivity index (χ2v) is 6.68. The Bertz CT molecular complexity index is 653. The SMILES string of the molecule is CC(C)Sc1ccc(-c2cc(C(=O)O)nn2C)cc1Cl. The van der Waals surface area contributed by atoms with Gasteiger partial charge in [-0.3, -0.25) is 4.68 Å². The summed E-state index contributed by atoms with van der Waals surface area (Å²) in [5.74, 6) is -1.04. The number of benzene rings is 1. The molecule has 0 saturated heterocycles. The average Bonchev–Trinajstić information content (AvgIpc) is 2.74. The van der Waals surface area contributed by atoms with Crippen LogP contribution in [0.4, 0.5) is 0 Å². The fourth-order valence-corrected chi connectivity index (χ4v) is 2.99. The van der Waals surface area contributed by atoms with Crippen molar-refractivity contribution >= 4 is 29.3 Å². The smallest absolute Gasteiger partial charge is 0.356 e. The van der Waals surface area contributed by atoms with Crippen molar-refractivity contribution in [1.29, 1.82) is 0 Å². The van der Waals surface area contributed by atoms with Gasteiger partial charge >= 0.3 is 5.97 Å². The summed E-state index contributed by atoms with van der Waals surface area (Å²) in [4.78, 5) is 12.0. The van der Waals surface area contributed by atoms with Gasteiger partial charge in [0.1, 0.15) is 0 Å².